The lowest BCUT2D eigenvalue weighted by Crippen LogP contribution is -2.28. The number of hydrogen-bond donors (Lipinski definition) is 2. The van der Waals surface area contributed by atoms with Gasteiger partial charge in [-0.3, -0.25) is 4.79 Å². The number of carbonyl (C=O) groups excluding carboxylic acids is 2. The van der Waals surface area contributed by atoms with Gasteiger partial charge in [-0.1, -0.05) is 0 Å². The highest BCUT2D eigenvalue weighted by molar-refractivity contribution is 6.34. The lowest BCUT2D eigenvalue weighted by atomic mass is 10.6. The number of rotatable bonds is 3. The molecule has 0 heterocycles. The molecule has 0 aliphatic carbocycles. The van der Waals surface area contributed by atoms with E-state index in [1.807, 2.05) is 5.43 Å². The highest BCUT2D eigenvalue weighted by Gasteiger charge is 2.05. The van der Waals surface area contributed by atoms with Crippen molar-refractivity contribution < 1.29 is 14.3 Å². The van der Waals surface area contributed by atoms with Crippen molar-refractivity contribution in [3.63, 3.8) is 0 Å². The largest absolute Gasteiger partial charge is 0.460 e. The number of hydrazone groups is 1. The van der Waals surface area contributed by atoms with E-state index < -0.39 is 5.97 Å². The van der Waals surface area contributed by atoms with Crippen molar-refractivity contribution in [2.45, 2.75) is 6.92 Å². The Morgan fingerprint density at radius 1 is 1.82 bits per heavy atom. The van der Waals surface area contributed by atoms with E-state index in [4.69, 9.17) is 5.73 Å². The van der Waals surface area contributed by atoms with Crippen molar-refractivity contribution in [2.75, 3.05) is 6.61 Å². The molecule has 0 unspecified atom stereocenters. The summed E-state index contributed by atoms with van der Waals surface area (Å²) in [6, 6.07) is 0. The van der Waals surface area contributed by atoms with E-state index in [1.54, 1.807) is 6.92 Å². The Hall–Kier alpha value is -1.59. The van der Waals surface area contributed by atoms with Gasteiger partial charge in [0.2, 0.25) is 12.2 Å². The Bertz CT molecular complexity index is 178. The molecule has 0 bridgehead atoms. The lowest BCUT2D eigenvalue weighted by molar-refractivity contribution is -0.135. The molecule has 0 aromatic heterocycles. The van der Waals surface area contributed by atoms with Gasteiger partial charge in [-0.15, -0.1) is 5.10 Å². The molecule has 1 amide bonds. The highest BCUT2D eigenvalue weighted by Crippen LogP contribution is 1.76. The standard InChI is InChI=1S/C5H9N3O3/c1-2-11-5(10)4(6)8-7-3-9/h3H,2H2,1H3,(H2,6,8)(H,7,9). The Balaban J connectivity index is 3.89. The van der Waals surface area contributed by atoms with E-state index in [0.29, 0.717) is 6.41 Å². The topological polar surface area (TPSA) is 93.8 Å². The Kier molecular flexibility index (Phi) is 4.46. The van der Waals surface area contributed by atoms with E-state index in [-0.39, 0.29) is 12.4 Å². The maximum Gasteiger partial charge on any atom is 0.375 e. The third kappa shape index (κ3) is 3.90. The second kappa shape index (κ2) is 5.21. The number of nitrogens with one attached hydrogen (secondary N) is 1. The number of nitrogens with two attached hydrogens (primary N) is 1. The van der Waals surface area contributed by atoms with Crippen LogP contribution in [0.3, 0.4) is 0 Å². The number of amidine groups is 1. The average Bonchev–Trinajstić information content (AvgIpc) is 2.00. The number of nitrogens with zero attached hydrogens (tertiary/aromatic N) is 1. The third-order valence-corrected chi connectivity index (χ3v) is 0.722. The SMILES string of the molecule is CCOC(=O)C(N)=NNC=O. The fraction of sp³-hybridized carbons (Fsp3) is 0.400. The van der Waals surface area contributed by atoms with Crippen molar-refractivity contribution in [3.8, 4) is 0 Å². The summed E-state index contributed by atoms with van der Waals surface area (Å²) in [4.78, 5) is 20.3. The molecule has 0 aliphatic rings. The second-order valence-corrected chi connectivity index (χ2v) is 1.46. The fourth-order valence-corrected chi connectivity index (χ4v) is 0.347. The minimum absolute atomic E-state index is 0.218. The quantitative estimate of drug-likeness (QED) is 0.173. The molecule has 0 aliphatic heterocycles. The van der Waals surface area contributed by atoms with E-state index in [2.05, 4.69) is 9.84 Å². The van der Waals surface area contributed by atoms with Gasteiger partial charge in [0.25, 0.3) is 0 Å². The van der Waals surface area contributed by atoms with Crippen LogP contribution in [0.2, 0.25) is 0 Å². The van der Waals surface area contributed by atoms with Crippen LogP contribution in [-0.2, 0) is 14.3 Å². The molecule has 0 atom stereocenters. The first kappa shape index (κ1) is 9.41. The van der Waals surface area contributed by atoms with Crippen LogP contribution in [-0.4, -0.2) is 24.8 Å². The molecule has 0 aromatic carbocycles. The van der Waals surface area contributed by atoms with Crippen LogP contribution in [0.25, 0.3) is 0 Å². The maximum atomic E-state index is 10.6. The summed E-state index contributed by atoms with van der Waals surface area (Å²) in [6.45, 7) is 1.86. The van der Waals surface area contributed by atoms with Crippen LogP contribution < -0.4 is 11.2 Å². The third-order valence-electron chi connectivity index (χ3n) is 0.722. The number of hydrogen-bond acceptors (Lipinski definition) is 4. The van der Waals surface area contributed by atoms with Crippen molar-refractivity contribution in [1.29, 1.82) is 0 Å². The van der Waals surface area contributed by atoms with Crippen LogP contribution in [0.15, 0.2) is 5.10 Å². The molecule has 6 heteroatoms. The van der Waals surface area contributed by atoms with Crippen molar-refractivity contribution in [3.05, 3.63) is 0 Å². The van der Waals surface area contributed by atoms with Gasteiger partial charge in [0.1, 0.15) is 0 Å². The van der Waals surface area contributed by atoms with Crippen LogP contribution in [0.1, 0.15) is 6.92 Å². The summed E-state index contributed by atoms with van der Waals surface area (Å²) in [5.74, 6) is -1.12. The first-order valence-electron chi connectivity index (χ1n) is 2.91. The van der Waals surface area contributed by atoms with Gasteiger partial charge in [-0.2, -0.15) is 0 Å². The normalized spacial score (nSPS) is 10.5. The average molecular weight is 159 g/mol. The predicted octanol–water partition coefficient (Wildman–Crippen LogP) is -1.43. The zero-order chi connectivity index (χ0) is 8.69. The Morgan fingerprint density at radius 3 is 2.91 bits per heavy atom. The molecule has 6 nitrogen and oxygen atoms in total. The number of ether oxygens (including phenoxy) is 1. The summed E-state index contributed by atoms with van der Waals surface area (Å²) >= 11 is 0. The first-order valence-corrected chi connectivity index (χ1v) is 2.91. The highest BCUT2D eigenvalue weighted by atomic mass is 16.5. The summed E-state index contributed by atoms with van der Waals surface area (Å²) in [6.07, 6.45) is 0.298. The lowest BCUT2D eigenvalue weighted by Gasteiger charge is -1.98. The van der Waals surface area contributed by atoms with E-state index in [1.165, 1.54) is 0 Å². The molecular weight excluding hydrogens is 150 g/mol. The Labute approximate surface area is 63.4 Å². The van der Waals surface area contributed by atoms with E-state index in [9.17, 15) is 9.59 Å². The maximum absolute atomic E-state index is 10.6. The molecule has 3 N–H and O–H groups in total. The summed E-state index contributed by atoms with van der Waals surface area (Å²) in [5.41, 5.74) is 6.91. The molecule has 0 saturated carbocycles. The minimum atomic E-state index is -0.748. The van der Waals surface area contributed by atoms with Gasteiger partial charge in [0, 0.05) is 0 Å². The number of amides is 1. The zero-order valence-corrected chi connectivity index (χ0v) is 6.03. The van der Waals surface area contributed by atoms with Crippen LogP contribution in [0.5, 0.6) is 0 Å². The van der Waals surface area contributed by atoms with Gasteiger partial charge in [0.15, 0.2) is 0 Å². The Morgan fingerprint density at radius 2 is 2.45 bits per heavy atom. The molecule has 11 heavy (non-hydrogen) atoms. The smallest absolute Gasteiger partial charge is 0.375 e. The van der Waals surface area contributed by atoms with E-state index in [0.717, 1.165) is 0 Å². The van der Waals surface area contributed by atoms with E-state index >= 15 is 0 Å². The zero-order valence-electron chi connectivity index (χ0n) is 6.03. The molecule has 0 rings (SSSR count). The summed E-state index contributed by atoms with van der Waals surface area (Å²) < 4.78 is 4.45. The second-order valence-electron chi connectivity index (χ2n) is 1.46. The van der Waals surface area contributed by atoms with Gasteiger partial charge >= 0.3 is 5.97 Å². The van der Waals surface area contributed by atoms with Gasteiger partial charge in [0.05, 0.1) is 6.61 Å². The van der Waals surface area contributed by atoms with Crippen molar-refractivity contribution in [1.82, 2.24) is 5.43 Å². The number of esters is 1. The molecule has 0 saturated heterocycles. The van der Waals surface area contributed by atoms with Gasteiger partial charge in [-0.05, 0) is 6.92 Å². The van der Waals surface area contributed by atoms with Gasteiger partial charge < -0.3 is 10.5 Å². The predicted molar refractivity (Wildman–Crippen MR) is 37.5 cm³/mol. The monoisotopic (exact) mass is 159 g/mol. The summed E-state index contributed by atoms with van der Waals surface area (Å²) in [7, 11) is 0. The molecule has 0 spiro atoms. The molecule has 62 valence electrons. The van der Waals surface area contributed by atoms with Crippen LogP contribution >= 0.6 is 0 Å². The molecule has 0 fully saturated rings. The first-order chi connectivity index (χ1) is 5.22. The molecule has 0 aromatic rings. The summed E-state index contributed by atoms with van der Waals surface area (Å²) in [5, 5.41) is 3.16. The molecule has 0 radical (unpaired) electrons. The molecular formula is C5H9N3O3. The van der Waals surface area contributed by atoms with Crippen molar-refractivity contribution >= 4 is 18.2 Å². The minimum Gasteiger partial charge on any atom is -0.460 e. The van der Waals surface area contributed by atoms with Crippen LogP contribution in [0, 0.1) is 0 Å². The number of carbonyl (C=O) groups is 2. The van der Waals surface area contributed by atoms with Gasteiger partial charge in [-0.25, -0.2) is 10.2 Å². The fourth-order valence-electron chi connectivity index (χ4n) is 0.347. The van der Waals surface area contributed by atoms with Crippen molar-refractivity contribution in [2.24, 2.45) is 10.8 Å². The van der Waals surface area contributed by atoms with Crippen LogP contribution in [0.4, 0.5) is 0 Å².